The first-order valence-electron chi connectivity index (χ1n) is 9.04. The van der Waals surface area contributed by atoms with Gasteiger partial charge in [-0.05, 0) is 38.0 Å². The smallest absolute Gasteiger partial charge is 0.237 e. The first-order valence-corrected chi connectivity index (χ1v) is 9.04. The second-order valence-electron chi connectivity index (χ2n) is 6.75. The lowest BCUT2D eigenvalue weighted by atomic mass is 10.1. The molecule has 1 aliphatic rings. The molecule has 1 aromatic rings. The zero-order chi connectivity index (χ0) is 18.2. The van der Waals surface area contributed by atoms with Gasteiger partial charge in [0.2, 0.25) is 5.91 Å². The number of rotatable bonds is 8. The highest BCUT2D eigenvalue weighted by atomic mass is 16.5. The van der Waals surface area contributed by atoms with Gasteiger partial charge in [0.25, 0.3) is 0 Å². The number of benzene rings is 1. The van der Waals surface area contributed by atoms with Crippen LogP contribution in [0.1, 0.15) is 19.4 Å². The van der Waals surface area contributed by atoms with Crippen LogP contribution in [0.15, 0.2) is 24.3 Å². The highest BCUT2D eigenvalue weighted by Gasteiger charge is 2.25. The Balaban J connectivity index is 1.69. The Kier molecular flexibility index (Phi) is 7.68. The van der Waals surface area contributed by atoms with Crippen molar-refractivity contribution in [2.75, 3.05) is 46.4 Å². The number of amides is 1. The summed E-state index contributed by atoms with van der Waals surface area (Å²) in [5, 5.41) is 12.5. The van der Waals surface area contributed by atoms with Crippen LogP contribution in [0.5, 0.6) is 5.75 Å². The molecule has 1 saturated heterocycles. The topological polar surface area (TPSA) is 65.0 Å². The molecule has 1 fully saturated rings. The van der Waals surface area contributed by atoms with Gasteiger partial charge in [-0.15, -0.1) is 0 Å². The van der Waals surface area contributed by atoms with Crippen LogP contribution < -0.4 is 10.1 Å². The molecule has 1 aliphatic heterocycles. The van der Waals surface area contributed by atoms with Crippen molar-refractivity contribution >= 4 is 5.91 Å². The SMILES string of the molecule is COc1ccc(CCNC(=O)[C@H](C)N2CCN(C[C@@H](C)O)CC2)cc1. The molecule has 2 rings (SSSR count). The molecule has 0 saturated carbocycles. The fraction of sp³-hybridized carbons (Fsp3) is 0.632. The van der Waals surface area contributed by atoms with E-state index in [-0.39, 0.29) is 18.1 Å². The highest BCUT2D eigenvalue weighted by Crippen LogP contribution is 2.11. The third kappa shape index (κ3) is 6.30. The molecule has 2 atom stereocenters. The van der Waals surface area contributed by atoms with Gasteiger partial charge in [-0.25, -0.2) is 0 Å². The number of piperazine rings is 1. The van der Waals surface area contributed by atoms with Crippen molar-refractivity contribution < 1.29 is 14.6 Å². The molecular formula is C19H31N3O3. The summed E-state index contributed by atoms with van der Waals surface area (Å²) in [4.78, 5) is 16.8. The average Bonchev–Trinajstić information content (AvgIpc) is 2.61. The van der Waals surface area contributed by atoms with Gasteiger partial charge >= 0.3 is 0 Å². The zero-order valence-corrected chi connectivity index (χ0v) is 15.6. The van der Waals surface area contributed by atoms with Crippen molar-refractivity contribution in [2.45, 2.75) is 32.4 Å². The number of hydrogen-bond donors (Lipinski definition) is 2. The van der Waals surface area contributed by atoms with Crippen LogP contribution in [0.4, 0.5) is 0 Å². The number of β-amino-alcohol motifs (C(OH)–C–C–N with tert-alkyl or cyclic N) is 1. The largest absolute Gasteiger partial charge is 0.497 e. The van der Waals surface area contributed by atoms with E-state index < -0.39 is 0 Å². The number of aliphatic hydroxyl groups excluding tert-OH is 1. The monoisotopic (exact) mass is 349 g/mol. The fourth-order valence-electron chi connectivity index (χ4n) is 3.14. The molecule has 0 radical (unpaired) electrons. The van der Waals surface area contributed by atoms with E-state index in [4.69, 9.17) is 4.74 Å². The number of ether oxygens (including phenoxy) is 1. The molecule has 2 N–H and O–H groups in total. The number of nitrogens with one attached hydrogen (secondary N) is 1. The summed E-state index contributed by atoms with van der Waals surface area (Å²) in [6.07, 6.45) is 0.509. The Labute approximate surface area is 150 Å². The predicted molar refractivity (Wildman–Crippen MR) is 98.9 cm³/mol. The summed E-state index contributed by atoms with van der Waals surface area (Å²) < 4.78 is 5.15. The highest BCUT2D eigenvalue weighted by molar-refractivity contribution is 5.81. The van der Waals surface area contributed by atoms with Crippen LogP contribution in [0.25, 0.3) is 0 Å². The van der Waals surface area contributed by atoms with Gasteiger partial charge in [0, 0.05) is 39.3 Å². The quantitative estimate of drug-likeness (QED) is 0.725. The van der Waals surface area contributed by atoms with E-state index in [2.05, 4.69) is 15.1 Å². The van der Waals surface area contributed by atoms with Crippen molar-refractivity contribution in [3.63, 3.8) is 0 Å². The molecule has 6 nitrogen and oxygen atoms in total. The van der Waals surface area contributed by atoms with E-state index in [9.17, 15) is 9.90 Å². The lowest BCUT2D eigenvalue weighted by Gasteiger charge is -2.37. The molecule has 25 heavy (non-hydrogen) atoms. The van der Waals surface area contributed by atoms with Gasteiger partial charge in [0.15, 0.2) is 0 Å². The van der Waals surface area contributed by atoms with Gasteiger partial charge in [-0.2, -0.15) is 0 Å². The maximum Gasteiger partial charge on any atom is 0.237 e. The van der Waals surface area contributed by atoms with Crippen LogP contribution in [0, 0.1) is 0 Å². The maximum atomic E-state index is 12.4. The van der Waals surface area contributed by atoms with Gasteiger partial charge in [-0.3, -0.25) is 14.6 Å². The second-order valence-corrected chi connectivity index (χ2v) is 6.75. The average molecular weight is 349 g/mol. The van der Waals surface area contributed by atoms with Crippen molar-refractivity contribution in [3.8, 4) is 5.75 Å². The molecule has 1 amide bonds. The molecule has 1 aromatic carbocycles. The molecule has 140 valence electrons. The number of hydrogen-bond acceptors (Lipinski definition) is 5. The molecule has 0 spiro atoms. The lowest BCUT2D eigenvalue weighted by molar-refractivity contribution is -0.126. The Hall–Kier alpha value is -1.63. The third-order valence-corrected chi connectivity index (χ3v) is 4.73. The second kappa shape index (κ2) is 9.75. The molecule has 0 aliphatic carbocycles. The summed E-state index contributed by atoms with van der Waals surface area (Å²) in [6, 6.07) is 7.80. The van der Waals surface area contributed by atoms with Crippen LogP contribution >= 0.6 is 0 Å². The van der Waals surface area contributed by atoms with Crippen LogP contribution in [0.3, 0.4) is 0 Å². The Bertz CT molecular complexity index is 525. The number of methoxy groups -OCH3 is 1. The van der Waals surface area contributed by atoms with Crippen LogP contribution in [-0.2, 0) is 11.2 Å². The minimum atomic E-state index is -0.301. The van der Waals surface area contributed by atoms with E-state index in [1.54, 1.807) is 7.11 Å². The number of carbonyl (C=O) groups excluding carboxylic acids is 1. The summed E-state index contributed by atoms with van der Waals surface area (Å²) in [6.45, 7) is 8.63. The Morgan fingerprint density at radius 3 is 2.40 bits per heavy atom. The first-order chi connectivity index (χ1) is 12.0. The summed E-state index contributed by atoms with van der Waals surface area (Å²) in [5.41, 5.74) is 1.18. The molecule has 6 heteroatoms. The van der Waals surface area contributed by atoms with Crippen LogP contribution in [-0.4, -0.2) is 79.3 Å². The fourth-order valence-corrected chi connectivity index (χ4v) is 3.14. The first kappa shape index (κ1) is 19.7. The summed E-state index contributed by atoms with van der Waals surface area (Å²) >= 11 is 0. The van der Waals surface area contributed by atoms with Crippen molar-refractivity contribution in [3.05, 3.63) is 29.8 Å². The summed E-state index contributed by atoms with van der Waals surface area (Å²) in [5.74, 6) is 0.925. The normalized spacial score (nSPS) is 18.6. The van der Waals surface area contributed by atoms with Crippen LogP contribution in [0.2, 0.25) is 0 Å². The van der Waals surface area contributed by atoms with Gasteiger partial charge in [0.05, 0.1) is 19.3 Å². The third-order valence-electron chi connectivity index (χ3n) is 4.73. The zero-order valence-electron chi connectivity index (χ0n) is 15.6. The number of carbonyl (C=O) groups is 1. The Morgan fingerprint density at radius 2 is 1.84 bits per heavy atom. The predicted octanol–water partition coefficient (Wildman–Crippen LogP) is 0.741. The van der Waals surface area contributed by atoms with E-state index in [0.29, 0.717) is 13.1 Å². The van der Waals surface area contributed by atoms with E-state index >= 15 is 0 Å². The number of nitrogens with zero attached hydrogens (tertiary/aromatic N) is 2. The van der Waals surface area contributed by atoms with Gasteiger partial charge in [0.1, 0.15) is 5.75 Å². The van der Waals surface area contributed by atoms with Gasteiger partial charge in [-0.1, -0.05) is 12.1 Å². The van der Waals surface area contributed by atoms with Gasteiger partial charge < -0.3 is 15.2 Å². The minimum Gasteiger partial charge on any atom is -0.497 e. The van der Waals surface area contributed by atoms with E-state index in [1.165, 1.54) is 5.56 Å². The van der Waals surface area contributed by atoms with E-state index in [0.717, 1.165) is 38.3 Å². The van der Waals surface area contributed by atoms with Crippen molar-refractivity contribution in [1.29, 1.82) is 0 Å². The van der Waals surface area contributed by atoms with Crippen molar-refractivity contribution in [2.24, 2.45) is 0 Å². The maximum absolute atomic E-state index is 12.4. The van der Waals surface area contributed by atoms with E-state index in [1.807, 2.05) is 38.1 Å². The lowest BCUT2D eigenvalue weighted by Crippen LogP contribution is -2.54. The molecule has 0 bridgehead atoms. The molecule has 0 unspecified atom stereocenters. The molecule has 1 heterocycles. The summed E-state index contributed by atoms with van der Waals surface area (Å²) in [7, 11) is 1.65. The van der Waals surface area contributed by atoms with Crippen molar-refractivity contribution in [1.82, 2.24) is 15.1 Å². The molecule has 0 aromatic heterocycles. The number of aliphatic hydroxyl groups is 1. The minimum absolute atomic E-state index is 0.0810. The standard InChI is InChI=1S/C19H31N3O3/c1-15(23)14-21-10-12-22(13-11-21)16(2)19(24)20-9-8-17-4-6-18(25-3)7-5-17/h4-7,15-16,23H,8-14H2,1-3H3,(H,20,24)/t15-,16+/m1/s1. The Morgan fingerprint density at radius 1 is 1.20 bits per heavy atom. The molecular weight excluding hydrogens is 318 g/mol.